The molecule has 5 nitrogen and oxygen atoms in total. The lowest BCUT2D eigenvalue weighted by molar-refractivity contribution is -0.146. The largest absolute Gasteiger partial charge is 0.480 e. The van der Waals surface area contributed by atoms with E-state index in [9.17, 15) is 14.7 Å². The van der Waals surface area contributed by atoms with Gasteiger partial charge in [0.15, 0.2) is 0 Å². The minimum atomic E-state index is -1.21. The van der Waals surface area contributed by atoms with Gasteiger partial charge in [-0.3, -0.25) is 9.78 Å². The lowest BCUT2D eigenvalue weighted by Gasteiger charge is -2.37. The summed E-state index contributed by atoms with van der Waals surface area (Å²) in [7, 11) is 0. The van der Waals surface area contributed by atoms with Crippen molar-refractivity contribution in [3.8, 4) is 0 Å². The number of nitrogens with zero attached hydrogens (tertiary/aromatic N) is 1. The minimum Gasteiger partial charge on any atom is -0.480 e. The molecular weight excluding hydrogens is 292 g/mol. The number of carboxylic acid groups (broad SMARTS) is 1. The van der Waals surface area contributed by atoms with E-state index in [1.54, 1.807) is 13.0 Å². The third kappa shape index (κ3) is 3.35. The number of carboxylic acids is 1. The van der Waals surface area contributed by atoms with E-state index in [4.69, 9.17) is 11.6 Å². The molecule has 2 atom stereocenters. The lowest BCUT2D eigenvalue weighted by atomic mass is 9.76. The molecular formula is C15H19ClN2O3. The van der Waals surface area contributed by atoms with Gasteiger partial charge in [0.2, 0.25) is 0 Å². The molecule has 1 saturated carbocycles. The zero-order valence-corrected chi connectivity index (χ0v) is 12.9. The van der Waals surface area contributed by atoms with Gasteiger partial charge in [-0.05, 0) is 31.7 Å². The SMILES string of the molecule is Cc1cc(Cl)c(C(=O)NC2(C(=O)O)CCCC(C)C2)cn1. The average Bonchev–Trinajstić information content (AvgIpc) is 2.38. The van der Waals surface area contributed by atoms with E-state index in [0.717, 1.165) is 12.8 Å². The fourth-order valence-electron chi connectivity index (χ4n) is 2.89. The second-order valence-corrected chi connectivity index (χ2v) is 6.26. The maximum absolute atomic E-state index is 12.4. The van der Waals surface area contributed by atoms with Crippen LogP contribution in [-0.2, 0) is 4.79 Å². The molecule has 2 unspecified atom stereocenters. The summed E-state index contributed by atoms with van der Waals surface area (Å²) in [6.45, 7) is 3.78. The summed E-state index contributed by atoms with van der Waals surface area (Å²) < 4.78 is 0. The number of hydrogen-bond donors (Lipinski definition) is 2. The molecule has 21 heavy (non-hydrogen) atoms. The molecule has 0 aliphatic heterocycles. The summed E-state index contributed by atoms with van der Waals surface area (Å²) >= 11 is 6.05. The molecule has 1 amide bonds. The summed E-state index contributed by atoms with van der Waals surface area (Å²) in [6.07, 6.45) is 4.03. The third-order valence-electron chi connectivity index (χ3n) is 3.99. The van der Waals surface area contributed by atoms with Crippen LogP contribution in [0.3, 0.4) is 0 Å². The summed E-state index contributed by atoms with van der Waals surface area (Å²) in [6, 6.07) is 1.59. The summed E-state index contributed by atoms with van der Waals surface area (Å²) in [5, 5.41) is 12.5. The Hall–Kier alpha value is -1.62. The van der Waals surface area contributed by atoms with E-state index in [1.807, 2.05) is 6.92 Å². The highest BCUT2D eigenvalue weighted by Gasteiger charge is 2.43. The number of carbonyl (C=O) groups excluding carboxylic acids is 1. The summed E-state index contributed by atoms with van der Waals surface area (Å²) in [5.41, 5.74) is -0.292. The van der Waals surface area contributed by atoms with Gasteiger partial charge in [-0.1, -0.05) is 31.4 Å². The topological polar surface area (TPSA) is 79.3 Å². The van der Waals surface area contributed by atoms with Crippen LogP contribution in [0.25, 0.3) is 0 Å². The number of amides is 1. The Morgan fingerprint density at radius 3 is 2.81 bits per heavy atom. The van der Waals surface area contributed by atoms with Crippen LogP contribution in [-0.4, -0.2) is 27.5 Å². The predicted molar refractivity (Wildman–Crippen MR) is 79.4 cm³/mol. The predicted octanol–water partition coefficient (Wildman–Crippen LogP) is 2.81. The summed E-state index contributed by atoms with van der Waals surface area (Å²) in [5.74, 6) is -1.20. The van der Waals surface area contributed by atoms with Crippen molar-refractivity contribution in [1.29, 1.82) is 0 Å². The van der Waals surface area contributed by atoms with Crippen molar-refractivity contribution < 1.29 is 14.7 Å². The maximum Gasteiger partial charge on any atom is 0.329 e. The molecule has 0 saturated heterocycles. The highest BCUT2D eigenvalue weighted by molar-refractivity contribution is 6.33. The molecule has 1 aliphatic rings. The fraction of sp³-hybridized carbons (Fsp3) is 0.533. The molecule has 1 aromatic heterocycles. The molecule has 0 bridgehead atoms. The van der Waals surface area contributed by atoms with Gasteiger partial charge in [0, 0.05) is 11.9 Å². The fourth-order valence-corrected chi connectivity index (χ4v) is 3.18. The van der Waals surface area contributed by atoms with Crippen LogP contribution in [0, 0.1) is 12.8 Å². The molecule has 114 valence electrons. The highest BCUT2D eigenvalue weighted by atomic mass is 35.5. The van der Waals surface area contributed by atoms with Crippen molar-refractivity contribution in [3.05, 3.63) is 28.5 Å². The number of nitrogens with one attached hydrogen (secondary N) is 1. The van der Waals surface area contributed by atoms with Crippen molar-refractivity contribution in [2.75, 3.05) is 0 Å². The lowest BCUT2D eigenvalue weighted by Crippen LogP contribution is -2.56. The molecule has 0 spiro atoms. The van der Waals surface area contributed by atoms with Crippen LogP contribution in [0.15, 0.2) is 12.3 Å². The van der Waals surface area contributed by atoms with Gasteiger partial charge in [-0.25, -0.2) is 4.79 Å². The van der Waals surface area contributed by atoms with Gasteiger partial charge in [0.05, 0.1) is 10.6 Å². The second-order valence-electron chi connectivity index (χ2n) is 5.85. The Morgan fingerprint density at radius 1 is 1.52 bits per heavy atom. The smallest absolute Gasteiger partial charge is 0.329 e. The zero-order valence-electron chi connectivity index (χ0n) is 12.1. The second kappa shape index (κ2) is 6.02. The first-order valence-corrected chi connectivity index (χ1v) is 7.40. The standard InChI is InChI=1S/C15H19ClN2O3/c1-9-4-3-5-15(7-9,14(20)21)18-13(19)11-8-17-10(2)6-12(11)16/h6,8-9H,3-5,7H2,1-2H3,(H,18,19)(H,20,21). The first kappa shape index (κ1) is 15.8. The van der Waals surface area contributed by atoms with E-state index in [1.165, 1.54) is 6.20 Å². The molecule has 2 N–H and O–H groups in total. The van der Waals surface area contributed by atoms with Gasteiger partial charge in [-0.2, -0.15) is 0 Å². The van der Waals surface area contributed by atoms with Gasteiger partial charge in [0.1, 0.15) is 5.54 Å². The molecule has 2 rings (SSSR count). The molecule has 1 fully saturated rings. The van der Waals surface area contributed by atoms with Crippen LogP contribution in [0.4, 0.5) is 0 Å². The number of carbonyl (C=O) groups is 2. The Labute approximate surface area is 128 Å². The van der Waals surface area contributed by atoms with Gasteiger partial charge in [0.25, 0.3) is 5.91 Å². The quantitative estimate of drug-likeness (QED) is 0.899. The number of aryl methyl sites for hydroxylation is 1. The number of aliphatic carboxylic acids is 1. The normalized spacial score (nSPS) is 25.4. The number of aromatic nitrogens is 1. The van der Waals surface area contributed by atoms with Gasteiger partial charge >= 0.3 is 5.97 Å². The molecule has 0 aromatic carbocycles. The first-order chi connectivity index (χ1) is 9.84. The van der Waals surface area contributed by atoms with Gasteiger partial charge < -0.3 is 10.4 Å². The van der Waals surface area contributed by atoms with E-state index >= 15 is 0 Å². The highest BCUT2D eigenvalue weighted by Crippen LogP contribution is 2.33. The van der Waals surface area contributed by atoms with Crippen molar-refractivity contribution >= 4 is 23.5 Å². The Morgan fingerprint density at radius 2 is 2.24 bits per heavy atom. The van der Waals surface area contributed by atoms with Gasteiger partial charge in [-0.15, -0.1) is 0 Å². The molecule has 0 radical (unpaired) electrons. The third-order valence-corrected chi connectivity index (χ3v) is 4.31. The number of halogens is 1. The molecule has 1 heterocycles. The van der Waals surface area contributed by atoms with Crippen LogP contribution in [0.5, 0.6) is 0 Å². The van der Waals surface area contributed by atoms with E-state index < -0.39 is 17.4 Å². The van der Waals surface area contributed by atoms with Crippen LogP contribution in [0.2, 0.25) is 5.02 Å². The Balaban J connectivity index is 2.24. The van der Waals surface area contributed by atoms with Crippen molar-refractivity contribution in [1.82, 2.24) is 10.3 Å². The molecule has 1 aromatic rings. The van der Waals surface area contributed by atoms with E-state index in [0.29, 0.717) is 18.5 Å². The first-order valence-electron chi connectivity index (χ1n) is 7.02. The number of rotatable bonds is 3. The number of pyridine rings is 1. The van der Waals surface area contributed by atoms with Crippen molar-refractivity contribution in [2.45, 2.75) is 45.1 Å². The molecule has 6 heteroatoms. The maximum atomic E-state index is 12.4. The molecule has 1 aliphatic carbocycles. The number of hydrogen-bond acceptors (Lipinski definition) is 3. The Bertz CT molecular complexity index is 576. The summed E-state index contributed by atoms with van der Waals surface area (Å²) in [4.78, 5) is 28.1. The van der Waals surface area contributed by atoms with Crippen molar-refractivity contribution in [3.63, 3.8) is 0 Å². The average molecular weight is 311 g/mol. The van der Waals surface area contributed by atoms with Crippen LogP contribution >= 0.6 is 11.6 Å². The van der Waals surface area contributed by atoms with Crippen LogP contribution in [0.1, 0.15) is 48.7 Å². The monoisotopic (exact) mass is 310 g/mol. The van der Waals surface area contributed by atoms with Crippen LogP contribution < -0.4 is 5.32 Å². The van der Waals surface area contributed by atoms with E-state index in [2.05, 4.69) is 10.3 Å². The van der Waals surface area contributed by atoms with Crippen molar-refractivity contribution in [2.24, 2.45) is 5.92 Å². The zero-order chi connectivity index (χ0) is 15.6. The Kier molecular flexibility index (Phi) is 4.52. The minimum absolute atomic E-state index is 0.209. The van der Waals surface area contributed by atoms with E-state index in [-0.39, 0.29) is 16.5 Å².